The lowest BCUT2D eigenvalue weighted by molar-refractivity contribution is 0.119. The molecule has 0 spiro atoms. The number of rotatable bonds is 7. The number of hydrogen-bond donors (Lipinski definition) is 1. The van der Waals surface area contributed by atoms with E-state index in [4.69, 9.17) is 9.84 Å². The number of nitrogens with zero attached hydrogens (tertiary/aromatic N) is 1. The molecule has 1 rings (SSSR count). The van der Waals surface area contributed by atoms with Crippen LogP contribution < -0.4 is 0 Å². The molecule has 1 aliphatic rings. The summed E-state index contributed by atoms with van der Waals surface area (Å²) in [5, 5.41) is 8.95. The highest BCUT2D eigenvalue weighted by Gasteiger charge is 2.29. The van der Waals surface area contributed by atoms with Gasteiger partial charge in [-0.15, -0.1) is 0 Å². The minimum atomic E-state index is 0.288. The Balaban J connectivity index is 2.20. The van der Waals surface area contributed by atoms with Crippen LogP contribution in [0.2, 0.25) is 0 Å². The van der Waals surface area contributed by atoms with Crippen LogP contribution in [0.15, 0.2) is 0 Å². The molecule has 1 N–H and O–H groups in total. The highest BCUT2D eigenvalue weighted by Crippen LogP contribution is 2.27. The lowest BCUT2D eigenvalue weighted by Crippen LogP contribution is -2.34. The molecule has 0 saturated heterocycles. The average Bonchev–Trinajstić information content (AvgIpc) is 2.94. The molecule has 1 saturated carbocycles. The summed E-state index contributed by atoms with van der Waals surface area (Å²) in [6.07, 6.45) is 2.64. The zero-order valence-electron chi connectivity index (χ0n) is 8.70. The van der Waals surface area contributed by atoms with E-state index in [1.54, 1.807) is 7.11 Å². The van der Waals surface area contributed by atoms with Gasteiger partial charge in [-0.2, -0.15) is 0 Å². The fourth-order valence-corrected chi connectivity index (χ4v) is 1.53. The molecular formula is C10H21NO2. The molecule has 0 amide bonds. The van der Waals surface area contributed by atoms with Gasteiger partial charge in [-0.1, -0.05) is 6.92 Å². The van der Waals surface area contributed by atoms with E-state index < -0.39 is 0 Å². The molecule has 0 aromatic carbocycles. The van der Waals surface area contributed by atoms with E-state index in [0.29, 0.717) is 5.92 Å². The second-order valence-corrected chi connectivity index (χ2v) is 4.01. The van der Waals surface area contributed by atoms with Crippen molar-refractivity contribution >= 4 is 0 Å². The van der Waals surface area contributed by atoms with Crippen molar-refractivity contribution in [2.45, 2.75) is 25.8 Å². The van der Waals surface area contributed by atoms with E-state index in [9.17, 15) is 0 Å². The zero-order valence-corrected chi connectivity index (χ0v) is 8.70. The van der Waals surface area contributed by atoms with Crippen molar-refractivity contribution in [3.63, 3.8) is 0 Å². The van der Waals surface area contributed by atoms with Crippen molar-refractivity contribution in [3.05, 3.63) is 0 Å². The van der Waals surface area contributed by atoms with E-state index in [1.165, 1.54) is 12.8 Å². The number of ether oxygens (including phenoxy) is 1. The number of aliphatic hydroxyl groups excluding tert-OH is 1. The third kappa shape index (κ3) is 4.07. The smallest absolute Gasteiger partial charge is 0.0589 e. The Morgan fingerprint density at radius 3 is 2.69 bits per heavy atom. The van der Waals surface area contributed by atoms with Crippen LogP contribution in [0.5, 0.6) is 0 Å². The topological polar surface area (TPSA) is 32.7 Å². The summed E-state index contributed by atoms with van der Waals surface area (Å²) in [4.78, 5) is 2.43. The largest absolute Gasteiger partial charge is 0.396 e. The van der Waals surface area contributed by atoms with E-state index in [2.05, 4.69) is 11.8 Å². The Hall–Kier alpha value is -0.120. The molecule has 0 heterocycles. The van der Waals surface area contributed by atoms with Gasteiger partial charge in [0, 0.05) is 32.8 Å². The molecule has 1 atom stereocenters. The van der Waals surface area contributed by atoms with E-state index in [0.717, 1.165) is 25.7 Å². The van der Waals surface area contributed by atoms with Crippen LogP contribution in [0.4, 0.5) is 0 Å². The SMILES string of the molecule is COCCN(CC(C)CO)C1CC1. The van der Waals surface area contributed by atoms with Gasteiger partial charge in [-0.3, -0.25) is 4.90 Å². The molecule has 78 valence electrons. The minimum absolute atomic E-state index is 0.288. The van der Waals surface area contributed by atoms with Gasteiger partial charge in [0.05, 0.1) is 6.61 Å². The Bertz CT molecular complexity index is 137. The summed E-state index contributed by atoms with van der Waals surface area (Å²) in [6, 6.07) is 0.768. The fourth-order valence-electron chi connectivity index (χ4n) is 1.53. The highest BCUT2D eigenvalue weighted by molar-refractivity contribution is 4.85. The maximum absolute atomic E-state index is 8.95. The predicted octanol–water partition coefficient (Wildman–Crippen LogP) is 0.726. The van der Waals surface area contributed by atoms with Crippen LogP contribution in [0.25, 0.3) is 0 Å². The number of aliphatic hydroxyl groups is 1. The fraction of sp³-hybridized carbons (Fsp3) is 1.00. The molecule has 0 aromatic heterocycles. The summed E-state index contributed by atoms with van der Waals surface area (Å²) in [5.41, 5.74) is 0. The second-order valence-electron chi connectivity index (χ2n) is 4.01. The van der Waals surface area contributed by atoms with Crippen molar-refractivity contribution in [3.8, 4) is 0 Å². The quantitative estimate of drug-likeness (QED) is 0.637. The first-order chi connectivity index (χ1) is 6.27. The summed E-state index contributed by atoms with van der Waals surface area (Å²) in [6.45, 7) is 5.18. The molecule has 1 aliphatic carbocycles. The maximum atomic E-state index is 8.95. The van der Waals surface area contributed by atoms with Gasteiger partial charge in [0.2, 0.25) is 0 Å². The first kappa shape index (κ1) is 11.0. The molecule has 3 heteroatoms. The zero-order chi connectivity index (χ0) is 9.68. The summed E-state index contributed by atoms with van der Waals surface area (Å²) in [5.74, 6) is 0.387. The van der Waals surface area contributed by atoms with Gasteiger partial charge < -0.3 is 9.84 Å². The summed E-state index contributed by atoms with van der Waals surface area (Å²) < 4.78 is 5.06. The molecular weight excluding hydrogens is 166 g/mol. The lowest BCUT2D eigenvalue weighted by atomic mass is 10.2. The third-order valence-electron chi connectivity index (χ3n) is 2.50. The second kappa shape index (κ2) is 5.58. The van der Waals surface area contributed by atoms with Crippen LogP contribution in [-0.4, -0.2) is 49.5 Å². The van der Waals surface area contributed by atoms with E-state index >= 15 is 0 Å². The van der Waals surface area contributed by atoms with Crippen LogP contribution in [0, 0.1) is 5.92 Å². The molecule has 3 nitrogen and oxygen atoms in total. The first-order valence-corrected chi connectivity index (χ1v) is 5.11. The van der Waals surface area contributed by atoms with E-state index in [1.807, 2.05) is 0 Å². The Kier molecular flexibility index (Phi) is 4.70. The summed E-state index contributed by atoms with van der Waals surface area (Å²) >= 11 is 0. The van der Waals surface area contributed by atoms with Crippen molar-refractivity contribution in [1.29, 1.82) is 0 Å². The standard InChI is InChI=1S/C10H21NO2/c1-9(8-12)7-11(5-6-13-2)10-3-4-10/h9-10,12H,3-8H2,1-2H3. The van der Waals surface area contributed by atoms with Crippen LogP contribution in [0.3, 0.4) is 0 Å². The average molecular weight is 187 g/mol. The van der Waals surface area contributed by atoms with Crippen molar-refractivity contribution in [2.24, 2.45) is 5.92 Å². The van der Waals surface area contributed by atoms with Crippen molar-refractivity contribution in [1.82, 2.24) is 4.90 Å². The normalized spacial score (nSPS) is 19.4. The molecule has 0 aliphatic heterocycles. The van der Waals surface area contributed by atoms with Gasteiger partial charge in [0.1, 0.15) is 0 Å². The van der Waals surface area contributed by atoms with Crippen LogP contribution in [0.1, 0.15) is 19.8 Å². The predicted molar refractivity (Wildman–Crippen MR) is 52.7 cm³/mol. The Labute approximate surface area is 80.7 Å². The Morgan fingerprint density at radius 1 is 1.54 bits per heavy atom. The van der Waals surface area contributed by atoms with Gasteiger partial charge in [0.25, 0.3) is 0 Å². The van der Waals surface area contributed by atoms with E-state index in [-0.39, 0.29) is 6.61 Å². The number of hydrogen-bond acceptors (Lipinski definition) is 3. The van der Waals surface area contributed by atoms with Crippen molar-refractivity contribution < 1.29 is 9.84 Å². The Morgan fingerprint density at radius 2 is 2.23 bits per heavy atom. The molecule has 0 radical (unpaired) electrons. The van der Waals surface area contributed by atoms with Gasteiger partial charge in [0.15, 0.2) is 0 Å². The molecule has 13 heavy (non-hydrogen) atoms. The maximum Gasteiger partial charge on any atom is 0.0589 e. The molecule has 0 bridgehead atoms. The van der Waals surface area contributed by atoms with Crippen LogP contribution in [-0.2, 0) is 4.74 Å². The van der Waals surface area contributed by atoms with Crippen LogP contribution >= 0.6 is 0 Å². The molecule has 1 fully saturated rings. The monoisotopic (exact) mass is 187 g/mol. The minimum Gasteiger partial charge on any atom is -0.396 e. The van der Waals surface area contributed by atoms with Gasteiger partial charge >= 0.3 is 0 Å². The first-order valence-electron chi connectivity index (χ1n) is 5.11. The third-order valence-corrected chi connectivity index (χ3v) is 2.50. The molecule has 1 unspecified atom stereocenters. The summed E-state index contributed by atoms with van der Waals surface area (Å²) in [7, 11) is 1.74. The lowest BCUT2D eigenvalue weighted by Gasteiger charge is -2.24. The molecule has 0 aromatic rings. The number of methoxy groups -OCH3 is 1. The van der Waals surface area contributed by atoms with Gasteiger partial charge in [-0.05, 0) is 18.8 Å². The van der Waals surface area contributed by atoms with Crippen molar-refractivity contribution in [2.75, 3.05) is 33.4 Å². The van der Waals surface area contributed by atoms with Gasteiger partial charge in [-0.25, -0.2) is 0 Å². The highest BCUT2D eigenvalue weighted by atomic mass is 16.5.